The van der Waals surface area contributed by atoms with Gasteiger partial charge in [-0.25, -0.2) is 0 Å². The van der Waals surface area contributed by atoms with E-state index in [-0.39, 0.29) is 0 Å². The van der Waals surface area contributed by atoms with Crippen molar-refractivity contribution >= 4 is 59.2 Å². The summed E-state index contributed by atoms with van der Waals surface area (Å²) in [6, 6.07) is 20.0. The summed E-state index contributed by atoms with van der Waals surface area (Å²) in [5.41, 5.74) is 17.8. The molecule has 0 heterocycles. The highest BCUT2D eigenvalue weighted by molar-refractivity contribution is 6.95. The fraction of sp³-hybridized carbons (Fsp3) is 0.404. The van der Waals surface area contributed by atoms with Gasteiger partial charge in [0.2, 0.25) is 0 Å². The maximum absolute atomic E-state index is 4.57. The summed E-state index contributed by atoms with van der Waals surface area (Å²) in [7, 11) is -4.11. The number of hydrogen-bond acceptors (Lipinski definition) is 0. The zero-order valence-corrected chi connectivity index (χ0v) is 34.8. The van der Waals surface area contributed by atoms with E-state index in [2.05, 4.69) is 175 Å². The molecule has 254 valence electrons. The average molecular weight is 679 g/mol. The Morgan fingerprint density at radius 2 is 0.837 bits per heavy atom. The third kappa shape index (κ3) is 6.00. The first-order valence-electron chi connectivity index (χ1n) is 18.6. The summed E-state index contributed by atoms with van der Waals surface area (Å²) >= 11 is 0. The van der Waals surface area contributed by atoms with Gasteiger partial charge in [0.25, 0.3) is 0 Å². The molecule has 0 aromatic heterocycles. The first-order chi connectivity index (χ1) is 23.0. The SMILES string of the molecule is C=C(C)[Si](C#Cc1c2cc3c(C)ccc(C)c3cc2c(C#C[Si](CC)(C(C)C)C(C)C)c2cc3c(C)ccc(C)c3cc12)(C(C)C)C(C)C. The molecule has 0 radical (unpaired) electrons. The van der Waals surface area contributed by atoms with Crippen LogP contribution in [0.1, 0.15) is 103 Å². The lowest BCUT2D eigenvalue weighted by Gasteiger charge is -2.34. The van der Waals surface area contributed by atoms with E-state index >= 15 is 0 Å². The molecule has 0 aliphatic rings. The van der Waals surface area contributed by atoms with Gasteiger partial charge in [0, 0.05) is 11.1 Å². The summed E-state index contributed by atoms with van der Waals surface area (Å²) in [4.78, 5) is 0. The van der Waals surface area contributed by atoms with Crippen molar-refractivity contribution in [1.29, 1.82) is 0 Å². The summed E-state index contributed by atoms with van der Waals surface area (Å²) < 4.78 is 0. The van der Waals surface area contributed by atoms with Crippen molar-refractivity contribution in [1.82, 2.24) is 0 Å². The predicted octanol–water partition coefficient (Wildman–Crippen LogP) is 14.0. The second kappa shape index (κ2) is 13.6. The maximum atomic E-state index is 4.57. The van der Waals surface area contributed by atoms with Crippen LogP contribution in [0, 0.1) is 50.6 Å². The maximum Gasteiger partial charge on any atom is 0.169 e. The first-order valence-corrected chi connectivity index (χ1v) is 23.1. The van der Waals surface area contributed by atoms with Crippen LogP contribution in [-0.4, -0.2) is 16.1 Å². The van der Waals surface area contributed by atoms with Crippen molar-refractivity contribution in [3.63, 3.8) is 0 Å². The molecule has 0 aliphatic carbocycles. The molecule has 2 heteroatoms. The Morgan fingerprint density at radius 1 is 0.531 bits per heavy atom. The van der Waals surface area contributed by atoms with E-state index in [0.29, 0.717) is 22.2 Å². The van der Waals surface area contributed by atoms with Crippen LogP contribution >= 0.6 is 0 Å². The normalized spacial score (nSPS) is 12.4. The van der Waals surface area contributed by atoms with Crippen LogP contribution in [0.4, 0.5) is 0 Å². The number of benzene rings is 5. The van der Waals surface area contributed by atoms with Crippen molar-refractivity contribution < 1.29 is 0 Å². The molecule has 0 N–H and O–H groups in total. The number of allylic oxidation sites excluding steroid dienone is 1. The Hall–Kier alpha value is -3.57. The van der Waals surface area contributed by atoms with Gasteiger partial charge in [0.15, 0.2) is 8.07 Å². The molecule has 0 saturated heterocycles. The third-order valence-electron chi connectivity index (χ3n) is 12.2. The van der Waals surface area contributed by atoms with E-state index < -0.39 is 16.1 Å². The minimum atomic E-state index is -2.19. The van der Waals surface area contributed by atoms with E-state index in [1.807, 2.05) is 0 Å². The van der Waals surface area contributed by atoms with E-state index in [1.54, 1.807) is 0 Å². The quantitative estimate of drug-likeness (QED) is 0.0952. The molecule has 0 spiro atoms. The average Bonchev–Trinajstić information content (AvgIpc) is 3.03. The van der Waals surface area contributed by atoms with E-state index in [9.17, 15) is 0 Å². The molecule has 0 nitrogen and oxygen atoms in total. The molecule has 0 aliphatic heterocycles. The smallest absolute Gasteiger partial charge is 0.125 e. The molecule has 5 aromatic carbocycles. The number of fused-ring (bicyclic) bond motifs is 4. The van der Waals surface area contributed by atoms with E-state index in [1.165, 1.54) is 76.1 Å². The van der Waals surface area contributed by atoms with Crippen molar-refractivity contribution in [2.75, 3.05) is 0 Å². The van der Waals surface area contributed by atoms with Crippen molar-refractivity contribution in [3.8, 4) is 22.9 Å². The van der Waals surface area contributed by atoms with Gasteiger partial charge in [0.05, 0.1) is 0 Å². The van der Waals surface area contributed by atoms with E-state index in [4.69, 9.17) is 0 Å². The summed E-state index contributed by atoms with van der Waals surface area (Å²) in [6.07, 6.45) is 0. The lowest BCUT2D eigenvalue weighted by atomic mass is 9.86. The molecule has 0 amide bonds. The van der Waals surface area contributed by atoms with Crippen molar-refractivity contribution in [3.05, 3.63) is 93.7 Å². The number of hydrogen-bond donors (Lipinski definition) is 0. The van der Waals surface area contributed by atoms with Gasteiger partial charge in [-0.2, -0.15) is 0 Å². The highest BCUT2D eigenvalue weighted by Crippen LogP contribution is 2.42. The molecule has 0 unspecified atom stereocenters. The summed E-state index contributed by atoms with van der Waals surface area (Å²) in [6.45, 7) is 37.2. The Labute approximate surface area is 299 Å². The Balaban J connectivity index is 2.12. The molecule has 0 bridgehead atoms. The van der Waals surface area contributed by atoms with Gasteiger partial charge < -0.3 is 0 Å². The highest BCUT2D eigenvalue weighted by atomic mass is 28.3. The second-order valence-corrected chi connectivity index (χ2v) is 26.7. The van der Waals surface area contributed by atoms with Crippen LogP contribution in [0.25, 0.3) is 43.1 Å². The molecular formula is C47H58Si2. The highest BCUT2D eigenvalue weighted by Gasteiger charge is 2.40. The monoisotopic (exact) mass is 678 g/mol. The molecule has 49 heavy (non-hydrogen) atoms. The summed E-state index contributed by atoms with van der Waals surface area (Å²) in [5.74, 6) is 7.97. The van der Waals surface area contributed by atoms with Crippen molar-refractivity contribution in [2.24, 2.45) is 0 Å². The zero-order chi connectivity index (χ0) is 36.2. The first kappa shape index (κ1) is 36.7. The Morgan fingerprint density at radius 3 is 1.08 bits per heavy atom. The zero-order valence-electron chi connectivity index (χ0n) is 32.8. The topological polar surface area (TPSA) is 0 Å². The predicted molar refractivity (Wildman–Crippen MR) is 226 cm³/mol. The molecule has 5 aromatic rings. The van der Waals surface area contributed by atoms with Crippen LogP contribution in [0.2, 0.25) is 28.2 Å². The van der Waals surface area contributed by atoms with Gasteiger partial charge in [-0.1, -0.05) is 104 Å². The van der Waals surface area contributed by atoms with Crippen LogP contribution in [0.5, 0.6) is 0 Å². The minimum Gasteiger partial charge on any atom is -0.125 e. The van der Waals surface area contributed by atoms with Gasteiger partial charge in [-0.15, -0.1) is 17.7 Å². The fourth-order valence-corrected chi connectivity index (χ4v) is 17.5. The molecule has 0 fully saturated rings. The van der Waals surface area contributed by atoms with Crippen LogP contribution in [0.15, 0.2) is 60.3 Å². The molecule has 0 saturated carbocycles. The van der Waals surface area contributed by atoms with E-state index in [0.717, 1.165) is 11.6 Å². The van der Waals surface area contributed by atoms with Crippen LogP contribution in [0.3, 0.4) is 0 Å². The molecule has 0 atom stereocenters. The van der Waals surface area contributed by atoms with Gasteiger partial charge >= 0.3 is 0 Å². The van der Waals surface area contributed by atoms with Crippen LogP contribution < -0.4 is 0 Å². The second-order valence-electron chi connectivity index (χ2n) is 16.2. The summed E-state index contributed by atoms with van der Waals surface area (Å²) in [5, 5.41) is 11.4. The lowest BCUT2D eigenvalue weighted by molar-refractivity contribution is 0.900. The number of aryl methyl sites for hydroxylation is 4. The van der Waals surface area contributed by atoms with Gasteiger partial charge in [-0.05, 0) is 152 Å². The molecule has 5 rings (SSSR count). The standard InChI is InChI=1S/C47H58Si2/c1-16-48(29(2)3,30(4)5)23-21-38-44-25-40-34(12)17-19-36(14)42(40)27-46(44)39(22-24-49(31(6)7,32(8)9)33(10)11)47-28-43-37(15)20-18-35(13)41(43)26-45(38)47/h17-20,25-30,32-33H,6,16H2,1-5,7-15H3. The van der Waals surface area contributed by atoms with Crippen LogP contribution in [-0.2, 0) is 0 Å². The largest absolute Gasteiger partial charge is 0.169 e. The Bertz CT molecular complexity index is 2130. The van der Waals surface area contributed by atoms with Gasteiger partial charge in [-0.3, -0.25) is 0 Å². The Kier molecular flexibility index (Phi) is 10.2. The number of rotatable bonds is 6. The fourth-order valence-electron chi connectivity index (χ4n) is 9.00. The minimum absolute atomic E-state index is 0.468. The lowest BCUT2D eigenvalue weighted by Crippen LogP contribution is -2.41. The van der Waals surface area contributed by atoms with Gasteiger partial charge in [0.1, 0.15) is 8.07 Å². The third-order valence-corrected chi connectivity index (χ3v) is 23.7. The molecular weight excluding hydrogens is 621 g/mol. The van der Waals surface area contributed by atoms with Crippen molar-refractivity contribution in [2.45, 2.75) is 125 Å².